The zero-order valence-electron chi connectivity index (χ0n) is 72.5. The lowest BCUT2D eigenvalue weighted by atomic mass is 9.65. The predicted octanol–water partition coefficient (Wildman–Crippen LogP) is 18.2. The van der Waals surface area contributed by atoms with Gasteiger partial charge in [-0.2, -0.15) is 0 Å². The number of hydrogen-bond acceptors (Lipinski definition) is 1. The molecule has 4 aliphatic rings. The molecule has 0 saturated heterocycles. The molecule has 0 N–H and O–H groups in total. The van der Waals surface area contributed by atoms with Crippen LogP contribution in [0.4, 0.5) is 17.1 Å². The van der Waals surface area contributed by atoms with E-state index in [0.717, 1.165) is 35.2 Å². The summed E-state index contributed by atoms with van der Waals surface area (Å²) in [6.45, 7) is 0. The third-order valence-electron chi connectivity index (χ3n) is 14.2. The van der Waals surface area contributed by atoms with Gasteiger partial charge in [-0.15, -0.1) is 0 Å². The number of nitrogens with zero attached hydrogens (tertiary/aromatic N) is 1. The van der Waals surface area contributed by atoms with Crippen molar-refractivity contribution >= 4 is 27.8 Å². The highest BCUT2D eigenvalue weighted by Crippen LogP contribution is 2.67. The van der Waals surface area contributed by atoms with Crippen molar-refractivity contribution in [3.05, 3.63) is 329 Å². The van der Waals surface area contributed by atoms with E-state index in [1.165, 1.54) is 42.5 Å². The third-order valence-corrected chi connectivity index (χ3v) is 14.2. The molecule has 0 saturated carbocycles. The Hall–Kier alpha value is -9.04. The zero-order chi connectivity index (χ0) is 78.5. The first-order chi connectivity index (χ1) is 50.7. The Morgan fingerprint density at radius 2 is 1.14 bits per heavy atom. The third kappa shape index (κ3) is 5.85. The van der Waals surface area contributed by atoms with Crippen molar-refractivity contribution in [1.82, 2.24) is 0 Å². The van der Waals surface area contributed by atoms with E-state index in [-0.39, 0.29) is 17.2 Å². The van der Waals surface area contributed by atoms with E-state index in [9.17, 15) is 39.8 Å². The Balaban J connectivity index is 1.25. The minimum atomic E-state index is -3.19. The van der Waals surface area contributed by atoms with Gasteiger partial charge in [-0.1, -0.05) is 260 Å². The summed E-state index contributed by atoms with van der Waals surface area (Å²) < 4.78 is 338. The maximum atomic E-state index is 10.8. The molecule has 4 unspecified atom stereocenters. The highest BCUT2D eigenvalue weighted by molar-refractivity contribution is 6.08. The highest BCUT2D eigenvalue weighted by Gasteiger charge is 2.57. The fourth-order valence-corrected chi connectivity index (χ4v) is 11.4. The van der Waals surface area contributed by atoms with E-state index in [2.05, 4.69) is 0 Å². The molecule has 0 radical (unpaired) electrons. The molecule has 0 fully saturated rings. The van der Waals surface area contributed by atoms with Crippen LogP contribution in [0.15, 0.2) is 284 Å². The molecule has 0 amide bonds. The van der Waals surface area contributed by atoms with Crippen LogP contribution in [0.1, 0.15) is 98.4 Å². The van der Waals surface area contributed by atoms with Crippen molar-refractivity contribution < 1.29 is 48.0 Å². The van der Waals surface area contributed by atoms with Gasteiger partial charge in [0.2, 0.25) is 0 Å². The molecule has 0 bridgehead atoms. The van der Waals surface area contributed by atoms with E-state index in [1.807, 2.05) is 0 Å². The lowest BCUT2D eigenvalue weighted by Crippen LogP contribution is -2.33. The SMILES string of the molecule is [2H]C1=CC2C(C([2H])=C1[2H])c1c([2H])cccc1C21c2c([2H])c([2H])cc(N(c3cc4c(c([2H])c3[2H])-c3c([2H])c([2H])c([2H])c([2H])c3C4(c3cc([2H])c([2H])c([2H])c3[2H])c3c([2H])c([2H])c([2H])c([2H])c3[2H])c3c([2H])cc4c([2H])c([2H])cc([2H])c4c3-c3c([2H])c([2H])c(-c4c([2H])cccc4[2H])c([2H])c3[2H])c2-c2c([2H])c([2H])c([2H])c([2H])c21. The molecule has 0 aromatic heterocycles. The minimum Gasteiger partial charge on any atom is -0.309 e. The normalized spacial score (nSPS) is 26.4. The molecular weight excluding hydrogens is 879 g/mol. The maximum absolute atomic E-state index is 10.8. The van der Waals surface area contributed by atoms with Crippen LogP contribution in [0.3, 0.4) is 0 Å². The van der Waals surface area contributed by atoms with E-state index in [1.54, 1.807) is 0 Å². The summed E-state index contributed by atoms with van der Waals surface area (Å²) >= 11 is 0. The minimum absolute atomic E-state index is 0.0199. The number of anilines is 3. The van der Waals surface area contributed by atoms with Gasteiger partial charge in [-0.25, -0.2) is 0 Å². The number of benzene rings is 11. The van der Waals surface area contributed by atoms with Gasteiger partial charge in [0, 0.05) is 28.7 Å². The molecular formula is C72H49N. The van der Waals surface area contributed by atoms with Crippen LogP contribution >= 0.6 is 0 Å². The fraction of sp³-hybridized carbons (Fsp3) is 0.0556. The number of hydrogen-bond donors (Lipinski definition) is 0. The highest BCUT2D eigenvalue weighted by atomic mass is 15.1. The zero-order valence-corrected chi connectivity index (χ0v) is 37.5. The van der Waals surface area contributed by atoms with Crippen LogP contribution < -0.4 is 4.90 Å². The molecule has 1 nitrogen and oxygen atoms in total. The molecule has 0 aliphatic heterocycles. The van der Waals surface area contributed by atoms with Crippen LogP contribution in [0.5, 0.6) is 0 Å². The first-order valence-electron chi connectivity index (χ1n) is 40.4. The predicted molar refractivity (Wildman–Crippen MR) is 303 cm³/mol. The van der Waals surface area contributed by atoms with E-state index in [0.29, 0.717) is 0 Å². The number of fused-ring (bicyclic) bond motifs is 14. The van der Waals surface area contributed by atoms with Crippen molar-refractivity contribution in [2.24, 2.45) is 5.92 Å². The van der Waals surface area contributed by atoms with E-state index < -0.39 is 334 Å². The Bertz CT molecular complexity index is 6100. The second-order valence-electron chi connectivity index (χ2n) is 17.5. The fourth-order valence-electron chi connectivity index (χ4n) is 11.4. The number of rotatable bonds is 7. The first kappa shape index (κ1) is 19.9. The largest absolute Gasteiger partial charge is 0.309 e. The standard InChI is InChI=1S/C72H49N/c1-4-21-48(22-5-1)49-39-41-51(42-40-49)69-55-28-11-10-23-50(55)43-46-68(69)73(54-44-45-59-58-31-12-16-33-61(58)71(66(59)47-54,52-24-6-2-7-25-52)53-26-8-3-9-27-53)67-38-20-37-65-70(67)60-32-15-19-36-64(60)72(65)62-34-17-13-29-56(62)57-30-14-18-35-63(57)72/h1-47,56,62H/i2D,3D,6D,7D,8D,9D,10D,12D,13D,15D,16D,17D,19D,20D,21D,22D,23D,24D,25D,26D,28D,29D,30D,31D,32D,33D,36D,37D,39D,40D,41D,42D,44D,45D,46D. The molecule has 11 aromatic rings. The van der Waals surface area contributed by atoms with E-state index >= 15 is 0 Å². The summed E-state index contributed by atoms with van der Waals surface area (Å²) in [5.74, 6) is -2.98. The summed E-state index contributed by atoms with van der Waals surface area (Å²) in [4.78, 5) is 0.820. The maximum Gasteiger partial charge on any atom is 0.0714 e. The average Bonchev–Trinajstić information content (AvgIpc) is 1.48. The second kappa shape index (κ2) is 16.2. The summed E-state index contributed by atoms with van der Waals surface area (Å²) in [5, 5.41) is -1.06. The summed E-state index contributed by atoms with van der Waals surface area (Å²) in [7, 11) is 0. The topological polar surface area (TPSA) is 3.24 Å². The van der Waals surface area contributed by atoms with Crippen LogP contribution in [-0.4, -0.2) is 0 Å². The van der Waals surface area contributed by atoms with Crippen LogP contribution in [-0.2, 0) is 10.8 Å². The molecule has 342 valence electrons. The van der Waals surface area contributed by atoms with Gasteiger partial charge in [-0.3, -0.25) is 0 Å². The van der Waals surface area contributed by atoms with Crippen LogP contribution in [0.2, 0.25) is 0 Å². The Morgan fingerprint density at radius 3 is 2.01 bits per heavy atom. The van der Waals surface area contributed by atoms with Crippen molar-refractivity contribution in [2.45, 2.75) is 16.7 Å². The molecule has 11 aromatic carbocycles. The van der Waals surface area contributed by atoms with Gasteiger partial charge in [0.1, 0.15) is 0 Å². The molecule has 1 spiro atoms. The second-order valence-corrected chi connectivity index (χ2v) is 17.5. The molecule has 73 heavy (non-hydrogen) atoms. The van der Waals surface area contributed by atoms with Gasteiger partial charge in [0.15, 0.2) is 0 Å². The van der Waals surface area contributed by atoms with Crippen molar-refractivity contribution in [1.29, 1.82) is 0 Å². The molecule has 1 heteroatoms. The monoisotopic (exact) mass is 963 g/mol. The van der Waals surface area contributed by atoms with Crippen molar-refractivity contribution in [3.63, 3.8) is 0 Å². The summed E-state index contributed by atoms with van der Waals surface area (Å²) in [6, 6.07) is -19.1. The Kier molecular flexibility index (Phi) is 4.42. The van der Waals surface area contributed by atoms with Crippen molar-refractivity contribution in [2.75, 3.05) is 4.90 Å². The molecule has 4 atom stereocenters. The van der Waals surface area contributed by atoms with E-state index in [4.69, 9.17) is 8.22 Å². The Morgan fingerprint density at radius 1 is 0.411 bits per heavy atom. The molecule has 0 heterocycles. The smallest absolute Gasteiger partial charge is 0.0714 e. The van der Waals surface area contributed by atoms with Gasteiger partial charge >= 0.3 is 0 Å². The lowest BCUT2D eigenvalue weighted by Gasteiger charge is -2.37. The van der Waals surface area contributed by atoms with Crippen LogP contribution in [0, 0.1) is 5.92 Å². The quantitative estimate of drug-likeness (QED) is 0.154. The van der Waals surface area contributed by atoms with Gasteiger partial charge in [-0.05, 0) is 113 Å². The summed E-state index contributed by atoms with van der Waals surface area (Å²) in [6.07, 6.45) is 1.22. The van der Waals surface area contributed by atoms with Gasteiger partial charge in [0.25, 0.3) is 0 Å². The molecule has 4 aliphatic carbocycles. The van der Waals surface area contributed by atoms with Gasteiger partial charge in [0.05, 0.1) is 70.2 Å². The van der Waals surface area contributed by atoms with Gasteiger partial charge < -0.3 is 4.90 Å². The summed E-state index contributed by atoms with van der Waals surface area (Å²) in [5.41, 5.74) is -17.7. The number of allylic oxidation sites excluding steroid dienone is 4. The van der Waals surface area contributed by atoms with Crippen molar-refractivity contribution in [3.8, 4) is 44.5 Å². The Labute approximate surface area is 476 Å². The average molecular weight is 963 g/mol. The molecule has 15 rings (SSSR count). The lowest BCUT2D eigenvalue weighted by molar-refractivity contribution is 0.465. The van der Waals surface area contributed by atoms with Crippen LogP contribution in [0.25, 0.3) is 55.3 Å². The first-order valence-corrected chi connectivity index (χ1v) is 22.9.